The van der Waals surface area contributed by atoms with Crippen LogP contribution < -0.4 is 5.32 Å². The van der Waals surface area contributed by atoms with Crippen molar-refractivity contribution in [2.75, 3.05) is 58.7 Å². The average Bonchev–Trinajstić information content (AvgIpc) is 2.84. The van der Waals surface area contributed by atoms with Crippen molar-refractivity contribution < 1.29 is 46.4 Å². The Labute approximate surface area is 201 Å². The number of carbonyl (C=O) groups excluding carboxylic acids is 2. The fourth-order valence-corrected chi connectivity index (χ4v) is 2.77. The number of methoxy groups -OCH3 is 1. The van der Waals surface area contributed by atoms with Gasteiger partial charge in [0.1, 0.15) is 6.61 Å². The van der Waals surface area contributed by atoms with Gasteiger partial charge in [-0.05, 0) is 30.3 Å². The van der Waals surface area contributed by atoms with E-state index in [4.69, 9.17) is 18.9 Å². The standard InChI is InChI=1S/C24H28F3NO7/c1-31-22(29)9-10-32-11-12-33-13-14-34-15-16-35-23(30)20-7-2-3-8-21(20)28-19-6-4-5-18(17-19)24(25,26)27/h2-8,17,28H,9-16H2,1H3. The SMILES string of the molecule is COC(=O)CCOCCOCCOCCOC(=O)c1ccccc1Nc1cccc(C(F)(F)F)c1. The van der Waals surface area contributed by atoms with Crippen LogP contribution in [0.2, 0.25) is 0 Å². The third-order valence-electron chi connectivity index (χ3n) is 4.50. The average molecular weight is 499 g/mol. The van der Waals surface area contributed by atoms with Crippen molar-refractivity contribution in [3.63, 3.8) is 0 Å². The zero-order valence-electron chi connectivity index (χ0n) is 19.3. The van der Waals surface area contributed by atoms with E-state index in [-0.39, 0.29) is 50.1 Å². The first-order valence-electron chi connectivity index (χ1n) is 10.8. The number of esters is 2. The van der Waals surface area contributed by atoms with E-state index in [1.54, 1.807) is 18.2 Å². The van der Waals surface area contributed by atoms with Gasteiger partial charge in [-0.25, -0.2) is 4.79 Å². The molecule has 0 radical (unpaired) electrons. The first kappa shape index (κ1) is 28.1. The molecule has 192 valence electrons. The van der Waals surface area contributed by atoms with Gasteiger partial charge in [0.15, 0.2) is 0 Å². The maximum Gasteiger partial charge on any atom is 0.416 e. The highest BCUT2D eigenvalue weighted by atomic mass is 19.4. The second-order valence-electron chi connectivity index (χ2n) is 7.05. The van der Waals surface area contributed by atoms with Crippen LogP contribution >= 0.6 is 0 Å². The van der Waals surface area contributed by atoms with Gasteiger partial charge in [0.2, 0.25) is 0 Å². The van der Waals surface area contributed by atoms with Crippen LogP contribution in [0.1, 0.15) is 22.3 Å². The lowest BCUT2D eigenvalue weighted by Crippen LogP contribution is -2.15. The summed E-state index contributed by atoms with van der Waals surface area (Å²) >= 11 is 0. The number of alkyl halides is 3. The molecule has 0 aliphatic heterocycles. The quantitative estimate of drug-likeness (QED) is 0.288. The molecule has 2 rings (SSSR count). The number of anilines is 2. The van der Waals surface area contributed by atoms with Crippen LogP contribution in [0.3, 0.4) is 0 Å². The summed E-state index contributed by atoms with van der Waals surface area (Å²) in [6.45, 7) is 1.68. The normalized spacial score (nSPS) is 11.2. The second kappa shape index (κ2) is 15.0. The van der Waals surface area contributed by atoms with Gasteiger partial charge in [-0.3, -0.25) is 4.79 Å². The van der Waals surface area contributed by atoms with Gasteiger partial charge in [0, 0.05) is 5.69 Å². The number of hydrogen-bond donors (Lipinski definition) is 1. The summed E-state index contributed by atoms with van der Waals surface area (Å²) in [5.41, 5.74) is -0.104. The van der Waals surface area contributed by atoms with E-state index in [1.165, 1.54) is 25.3 Å². The Bertz CT molecular complexity index is 937. The molecule has 0 unspecified atom stereocenters. The zero-order valence-corrected chi connectivity index (χ0v) is 19.3. The molecule has 0 heterocycles. The number of halogens is 3. The number of ether oxygens (including phenoxy) is 5. The van der Waals surface area contributed by atoms with Crippen molar-refractivity contribution >= 4 is 23.3 Å². The van der Waals surface area contributed by atoms with Gasteiger partial charge >= 0.3 is 18.1 Å². The third kappa shape index (κ3) is 10.8. The Kier molecular flexibility index (Phi) is 12.0. The molecule has 8 nitrogen and oxygen atoms in total. The lowest BCUT2D eigenvalue weighted by atomic mass is 10.1. The summed E-state index contributed by atoms with van der Waals surface area (Å²) in [5, 5.41) is 2.84. The molecule has 2 aromatic carbocycles. The number of para-hydroxylation sites is 1. The molecule has 2 aromatic rings. The minimum Gasteiger partial charge on any atom is -0.469 e. The Balaban J connectivity index is 1.66. The Hall–Kier alpha value is -3.15. The van der Waals surface area contributed by atoms with E-state index in [2.05, 4.69) is 10.1 Å². The Morgan fingerprint density at radius 2 is 1.46 bits per heavy atom. The number of carbonyl (C=O) groups is 2. The van der Waals surface area contributed by atoms with Crippen LogP contribution in [0, 0.1) is 0 Å². The van der Waals surface area contributed by atoms with Crippen LogP contribution in [0.15, 0.2) is 48.5 Å². The summed E-state index contributed by atoms with van der Waals surface area (Å²) in [5.74, 6) is -0.973. The molecule has 0 fully saturated rings. The zero-order chi connectivity index (χ0) is 25.5. The first-order chi connectivity index (χ1) is 16.8. The van der Waals surface area contributed by atoms with Gasteiger partial charge < -0.3 is 29.0 Å². The van der Waals surface area contributed by atoms with Crippen LogP contribution in [-0.4, -0.2) is 65.3 Å². The minimum atomic E-state index is -4.47. The number of benzene rings is 2. The molecule has 0 saturated heterocycles. The van der Waals surface area contributed by atoms with Crippen molar-refractivity contribution in [1.82, 2.24) is 0 Å². The van der Waals surface area contributed by atoms with E-state index in [0.717, 1.165) is 12.1 Å². The van der Waals surface area contributed by atoms with Crippen molar-refractivity contribution in [2.24, 2.45) is 0 Å². The highest BCUT2D eigenvalue weighted by molar-refractivity contribution is 5.96. The van der Waals surface area contributed by atoms with Crippen molar-refractivity contribution in [3.05, 3.63) is 59.7 Å². The Morgan fingerprint density at radius 1 is 0.829 bits per heavy atom. The highest BCUT2D eigenvalue weighted by Crippen LogP contribution is 2.32. The summed E-state index contributed by atoms with van der Waals surface area (Å²) < 4.78 is 64.4. The lowest BCUT2D eigenvalue weighted by Gasteiger charge is -2.13. The molecule has 0 spiro atoms. The van der Waals surface area contributed by atoms with Gasteiger partial charge in [0.05, 0.1) is 70.0 Å². The van der Waals surface area contributed by atoms with E-state index >= 15 is 0 Å². The predicted molar refractivity (Wildman–Crippen MR) is 121 cm³/mol. The van der Waals surface area contributed by atoms with Gasteiger partial charge in [-0.1, -0.05) is 18.2 Å². The van der Waals surface area contributed by atoms with Crippen LogP contribution in [0.5, 0.6) is 0 Å². The van der Waals surface area contributed by atoms with Gasteiger partial charge in [-0.2, -0.15) is 13.2 Å². The number of nitrogens with one attached hydrogen (secondary N) is 1. The maximum absolute atomic E-state index is 12.9. The summed E-state index contributed by atoms with van der Waals surface area (Å²) in [6.07, 6.45) is -4.29. The van der Waals surface area contributed by atoms with Crippen molar-refractivity contribution in [3.8, 4) is 0 Å². The summed E-state index contributed by atoms with van der Waals surface area (Å²) in [6, 6.07) is 11.1. The molecule has 0 aliphatic rings. The van der Waals surface area contributed by atoms with Crippen LogP contribution in [0.4, 0.5) is 24.5 Å². The second-order valence-corrected chi connectivity index (χ2v) is 7.05. The molecule has 1 N–H and O–H groups in total. The van der Waals surface area contributed by atoms with Crippen LogP contribution in [0.25, 0.3) is 0 Å². The smallest absolute Gasteiger partial charge is 0.416 e. The number of hydrogen-bond acceptors (Lipinski definition) is 8. The number of rotatable bonds is 15. The molecular formula is C24H28F3NO7. The topological polar surface area (TPSA) is 92.3 Å². The van der Waals surface area contributed by atoms with Crippen molar-refractivity contribution in [1.29, 1.82) is 0 Å². The molecule has 0 aliphatic carbocycles. The molecular weight excluding hydrogens is 471 g/mol. The Morgan fingerprint density at radius 3 is 2.11 bits per heavy atom. The van der Waals surface area contributed by atoms with Gasteiger partial charge in [-0.15, -0.1) is 0 Å². The van der Waals surface area contributed by atoms with Crippen LogP contribution in [-0.2, 0) is 34.7 Å². The third-order valence-corrected chi connectivity index (χ3v) is 4.50. The fraction of sp³-hybridized carbons (Fsp3) is 0.417. The molecule has 35 heavy (non-hydrogen) atoms. The molecule has 0 amide bonds. The lowest BCUT2D eigenvalue weighted by molar-refractivity contribution is -0.142. The predicted octanol–water partition coefficient (Wildman–Crippen LogP) is 4.22. The minimum absolute atomic E-state index is 0.00658. The molecule has 0 atom stereocenters. The monoisotopic (exact) mass is 499 g/mol. The van der Waals surface area contributed by atoms with E-state index in [9.17, 15) is 22.8 Å². The van der Waals surface area contributed by atoms with E-state index < -0.39 is 17.7 Å². The molecule has 0 aromatic heterocycles. The molecule has 0 saturated carbocycles. The van der Waals surface area contributed by atoms with Crippen molar-refractivity contribution in [2.45, 2.75) is 12.6 Å². The van der Waals surface area contributed by atoms with E-state index in [1.807, 2.05) is 0 Å². The highest BCUT2D eigenvalue weighted by Gasteiger charge is 2.30. The molecule has 11 heteroatoms. The fourth-order valence-electron chi connectivity index (χ4n) is 2.77. The van der Waals surface area contributed by atoms with Gasteiger partial charge in [0.25, 0.3) is 0 Å². The maximum atomic E-state index is 12.9. The summed E-state index contributed by atoms with van der Waals surface area (Å²) in [7, 11) is 1.31. The molecule has 0 bridgehead atoms. The summed E-state index contributed by atoms with van der Waals surface area (Å²) in [4.78, 5) is 23.3. The first-order valence-corrected chi connectivity index (χ1v) is 10.8. The van der Waals surface area contributed by atoms with E-state index in [0.29, 0.717) is 25.5 Å². The largest absolute Gasteiger partial charge is 0.469 e.